The van der Waals surface area contributed by atoms with Gasteiger partial charge in [-0.1, -0.05) is 12.1 Å². The maximum atomic E-state index is 11.7. The van der Waals surface area contributed by atoms with E-state index >= 15 is 0 Å². The largest absolute Gasteiger partial charge is 0.478 e. The minimum absolute atomic E-state index is 0.212. The second-order valence-corrected chi connectivity index (χ2v) is 3.78. The smallest absolute Gasteiger partial charge is 0.335 e. The topological polar surface area (TPSA) is 92.2 Å². The maximum Gasteiger partial charge on any atom is 0.335 e. The van der Waals surface area contributed by atoms with Gasteiger partial charge < -0.3 is 10.4 Å². The predicted octanol–water partition coefficient (Wildman–Crippen LogP) is 1.10. The van der Waals surface area contributed by atoms with Crippen molar-refractivity contribution in [2.45, 2.75) is 6.54 Å². The van der Waals surface area contributed by atoms with Crippen molar-refractivity contribution in [3.8, 4) is 0 Å². The van der Waals surface area contributed by atoms with E-state index in [-0.39, 0.29) is 17.2 Å². The van der Waals surface area contributed by atoms with E-state index in [9.17, 15) is 9.59 Å². The molecule has 0 aliphatic carbocycles. The van der Waals surface area contributed by atoms with Crippen molar-refractivity contribution in [2.75, 3.05) is 0 Å². The van der Waals surface area contributed by atoms with Gasteiger partial charge in [-0.3, -0.25) is 9.78 Å². The molecule has 1 heterocycles. The van der Waals surface area contributed by atoms with Gasteiger partial charge in [-0.2, -0.15) is 0 Å². The van der Waals surface area contributed by atoms with E-state index in [0.29, 0.717) is 6.54 Å². The molecule has 0 bridgehead atoms. The van der Waals surface area contributed by atoms with E-state index in [4.69, 9.17) is 5.11 Å². The summed E-state index contributed by atoms with van der Waals surface area (Å²) in [6, 6.07) is 6.29. The van der Waals surface area contributed by atoms with Crippen LogP contribution in [0.25, 0.3) is 0 Å². The van der Waals surface area contributed by atoms with Crippen LogP contribution in [0.3, 0.4) is 0 Å². The van der Waals surface area contributed by atoms with Gasteiger partial charge in [0.25, 0.3) is 5.91 Å². The molecule has 0 radical (unpaired) electrons. The second kappa shape index (κ2) is 5.72. The lowest BCUT2D eigenvalue weighted by molar-refractivity contribution is 0.0696. The molecule has 1 aromatic carbocycles. The molecule has 2 rings (SSSR count). The van der Waals surface area contributed by atoms with Gasteiger partial charge in [0.1, 0.15) is 5.69 Å². The standard InChI is InChI=1S/C13H11N3O3/c17-12(11-8-14-5-6-15-11)16-7-9-1-3-10(4-2-9)13(18)19/h1-6,8H,7H2,(H,16,17)(H,18,19). The maximum absolute atomic E-state index is 11.7. The highest BCUT2D eigenvalue weighted by atomic mass is 16.4. The summed E-state index contributed by atoms with van der Waals surface area (Å²) in [6.45, 7) is 0.301. The normalized spacial score (nSPS) is 9.89. The Hall–Kier alpha value is -2.76. The summed E-state index contributed by atoms with van der Waals surface area (Å²) < 4.78 is 0. The number of amides is 1. The minimum atomic E-state index is -0.977. The van der Waals surface area contributed by atoms with Gasteiger partial charge in [0.05, 0.1) is 11.8 Å². The van der Waals surface area contributed by atoms with Crippen LogP contribution < -0.4 is 5.32 Å². The summed E-state index contributed by atoms with van der Waals surface area (Å²) in [5.41, 5.74) is 1.26. The van der Waals surface area contributed by atoms with Gasteiger partial charge >= 0.3 is 5.97 Å². The number of rotatable bonds is 4. The quantitative estimate of drug-likeness (QED) is 0.855. The number of carbonyl (C=O) groups is 2. The number of carbonyl (C=O) groups excluding carboxylic acids is 1. The van der Waals surface area contributed by atoms with Crippen LogP contribution in [-0.4, -0.2) is 27.0 Å². The summed E-state index contributed by atoms with van der Waals surface area (Å²) in [7, 11) is 0. The number of hydrogen-bond acceptors (Lipinski definition) is 4. The monoisotopic (exact) mass is 257 g/mol. The van der Waals surface area contributed by atoms with Gasteiger partial charge in [-0.05, 0) is 17.7 Å². The van der Waals surface area contributed by atoms with Crippen molar-refractivity contribution in [1.82, 2.24) is 15.3 Å². The third-order valence-electron chi connectivity index (χ3n) is 2.45. The average Bonchev–Trinajstić information content (AvgIpc) is 2.46. The van der Waals surface area contributed by atoms with E-state index < -0.39 is 5.97 Å². The van der Waals surface area contributed by atoms with Gasteiger partial charge in [-0.15, -0.1) is 0 Å². The molecule has 0 saturated heterocycles. The first kappa shape index (κ1) is 12.7. The lowest BCUT2D eigenvalue weighted by Gasteiger charge is -2.04. The number of aromatic carboxylic acids is 1. The molecular formula is C13H11N3O3. The fraction of sp³-hybridized carbons (Fsp3) is 0.0769. The Morgan fingerprint density at radius 3 is 2.47 bits per heavy atom. The molecule has 2 N–H and O–H groups in total. The Labute approximate surface area is 109 Å². The highest BCUT2D eigenvalue weighted by Gasteiger charge is 2.06. The van der Waals surface area contributed by atoms with Crippen LogP contribution >= 0.6 is 0 Å². The van der Waals surface area contributed by atoms with Crippen molar-refractivity contribution in [2.24, 2.45) is 0 Å². The van der Waals surface area contributed by atoms with Crippen molar-refractivity contribution in [1.29, 1.82) is 0 Å². The van der Waals surface area contributed by atoms with Crippen molar-refractivity contribution in [3.05, 3.63) is 59.7 Å². The van der Waals surface area contributed by atoms with Gasteiger partial charge in [0.2, 0.25) is 0 Å². The highest BCUT2D eigenvalue weighted by molar-refractivity contribution is 5.91. The van der Waals surface area contributed by atoms with Crippen molar-refractivity contribution >= 4 is 11.9 Å². The first-order chi connectivity index (χ1) is 9.16. The van der Waals surface area contributed by atoms with Gasteiger partial charge in [-0.25, -0.2) is 9.78 Å². The Kier molecular flexibility index (Phi) is 3.82. The average molecular weight is 257 g/mol. The molecule has 96 valence electrons. The van der Waals surface area contributed by atoms with Gasteiger partial charge in [0, 0.05) is 18.9 Å². The Morgan fingerprint density at radius 2 is 1.89 bits per heavy atom. The number of nitrogens with one attached hydrogen (secondary N) is 1. The molecule has 1 aromatic heterocycles. The molecular weight excluding hydrogens is 246 g/mol. The zero-order valence-corrected chi connectivity index (χ0v) is 9.91. The van der Waals surface area contributed by atoms with E-state index in [1.165, 1.54) is 30.7 Å². The van der Waals surface area contributed by atoms with E-state index in [2.05, 4.69) is 15.3 Å². The molecule has 6 nitrogen and oxygen atoms in total. The van der Waals surface area contributed by atoms with Crippen LogP contribution in [0.15, 0.2) is 42.9 Å². The third-order valence-corrected chi connectivity index (χ3v) is 2.45. The number of aromatic nitrogens is 2. The fourth-order valence-electron chi connectivity index (χ4n) is 1.45. The molecule has 0 aliphatic heterocycles. The molecule has 1 amide bonds. The molecule has 0 saturated carbocycles. The summed E-state index contributed by atoms with van der Waals surface area (Å²) in [5, 5.41) is 11.4. The predicted molar refractivity (Wildman–Crippen MR) is 66.6 cm³/mol. The first-order valence-electron chi connectivity index (χ1n) is 5.53. The van der Waals surface area contributed by atoms with Crippen LogP contribution in [0.2, 0.25) is 0 Å². The lowest BCUT2D eigenvalue weighted by atomic mass is 10.1. The molecule has 0 fully saturated rings. The fourth-order valence-corrected chi connectivity index (χ4v) is 1.45. The van der Waals surface area contributed by atoms with Crippen LogP contribution in [-0.2, 0) is 6.54 Å². The third kappa shape index (κ3) is 3.35. The minimum Gasteiger partial charge on any atom is -0.478 e. The number of carboxylic acids is 1. The van der Waals surface area contributed by atoms with Crippen molar-refractivity contribution < 1.29 is 14.7 Å². The number of benzene rings is 1. The van der Waals surface area contributed by atoms with E-state index in [1.807, 2.05) is 0 Å². The Balaban J connectivity index is 1.95. The zero-order chi connectivity index (χ0) is 13.7. The van der Waals surface area contributed by atoms with Crippen LogP contribution in [0.4, 0.5) is 0 Å². The van der Waals surface area contributed by atoms with Crippen LogP contribution in [0, 0.1) is 0 Å². The summed E-state index contributed by atoms with van der Waals surface area (Å²) in [6.07, 6.45) is 4.31. The lowest BCUT2D eigenvalue weighted by Crippen LogP contribution is -2.23. The van der Waals surface area contributed by atoms with Crippen LogP contribution in [0.5, 0.6) is 0 Å². The summed E-state index contributed by atoms with van der Waals surface area (Å²) in [4.78, 5) is 30.0. The molecule has 0 unspecified atom stereocenters. The molecule has 6 heteroatoms. The first-order valence-corrected chi connectivity index (χ1v) is 5.53. The molecule has 2 aromatic rings. The molecule has 0 aliphatic rings. The van der Waals surface area contributed by atoms with Crippen molar-refractivity contribution in [3.63, 3.8) is 0 Å². The Morgan fingerprint density at radius 1 is 1.16 bits per heavy atom. The zero-order valence-electron chi connectivity index (χ0n) is 9.91. The van der Waals surface area contributed by atoms with E-state index in [0.717, 1.165) is 5.56 Å². The second-order valence-electron chi connectivity index (χ2n) is 3.78. The Bertz CT molecular complexity index is 582. The number of carboxylic acid groups (broad SMARTS) is 1. The van der Waals surface area contributed by atoms with Gasteiger partial charge in [0.15, 0.2) is 0 Å². The number of hydrogen-bond donors (Lipinski definition) is 2. The summed E-state index contributed by atoms with van der Waals surface area (Å²) >= 11 is 0. The SMILES string of the molecule is O=C(O)c1ccc(CNC(=O)c2cnccn2)cc1. The highest BCUT2D eigenvalue weighted by Crippen LogP contribution is 2.04. The van der Waals surface area contributed by atoms with E-state index in [1.54, 1.807) is 12.1 Å². The molecule has 19 heavy (non-hydrogen) atoms. The number of nitrogens with zero attached hydrogens (tertiary/aromatic N) is 2. The molecule has 0 spiro atoms. The molecule has 0 atom stereocenters. The van der Waals surface area contributed by atoms with Crippen LogP contribution in [0.1, 0.15) is 26.4 Å². The summed E-state index contributed by atoms with van der Waals surface area (Å²) in [5.74, 6) is -1.30.